The molecule has 3 rings (SSSR count). The molecule has 1 aliphatic carbocycles. The minimum absolute atomic E-state index is 0.134. The van der Waals surface area contributed by atoms with Crippen LogP contribution in [0.25, 0.3) is 0 Å². The van der Waals surface area contributed by atoms with Crippen LogP contribution in [0.2, 0.25) is 0 Å². The molecule has 0 aromatic heterocycles. The number of guanidine groups is 1. The van der Waals surface area contributed by atoms with Gasteiger partial charge in [-0.25, -0.2) is 4.79 Å². The second kappa shape index (κ2) is 12.9. The van der Waals surface area contributed by atoms with Crippen molar-refractivity contribution < 1.29 is 33.6 Å². The lowest BCUT2D eigenvalue weighted by atomic mass is 9.95. The smallest absolute Gasteiger partial charge is 0.436 e. The first-order valence-corrected chi connectivity index (χ1v) is 12.8. The molecule has 11 nitrogen and oxygen atoms in total. The molecule has 0 saturated heterocycles. The number of amides is 3. The Morgan fingerprint density at radius 3 is 2.43 bits per heavy atom. The van der Waals surface area contributed by atoms with Gasteiger partial charge in [0.2, 0.25) is 17.8 Å². The molecule has 3 unspecified atom stereocenters. The Morgan fingerprint density at radius 1 is 1.08 bits per heavy atom. The van der Waals surface area contributed by atoms with Gasteiger partial charge < -0.3 is 25.0 Å². The van der Waals surface area contributed by atoms with Crippen LogP contribution in [0.5, 0.6) is 0 Å². The average Bonchev–Trinajstić information content (AvgIpc) is 3.40. The number of methoxy groups -OCH3 is 1. The van der Waals surface area contributed by atoms with E-state index in [1.807, 2.05) is 0 Å². The number of aliphatic carboxylic acids is 1. The van der Waals surface area contributed by atoms with E-state index in [1.54, 1.807) is 37.3 Å². The van der Waals surface area contributed by atoms with Gasteiger partial charge in [-0.3, -0.25) is 19.7 Å². The van der Waals surface area contributed by atoms with Crippen molar-refractivity contribution >= 4 is 52.4 Å². The molecule has 196 valence electrons. The van der Waals surface area contributed by atoms with Crippen molar-refractivity contribution in [2.75, 3.05) is 17.7 Å². The van der Waals surface area contributed by atoms with Crippen LogP contribution in [0.1, 0.15) is 32.6 Å². The second-order valence-corrected chi connectivity index (χ2v) is 9.67. The van der Waals surface area contributed by atoms with Crippen LogP contribution in [0.4, 0.5) is 16.2 Å². The Kier molecular flexibility index (Phi) is 9.64. The molecule has 2 aromatic carbocycles. The molecule has 0 bridgehead atoms. The lowest BCUT2D eigenvalue weighted by molar-refractivity contribution is -0.145. The van der Waals surface area contributed by atoms with Gasteiger partial charge in [0.05, 0.1) is 24.6 Å². The molecule has 0 aliphatic heterocycles. The minimum Gasteiger partial charge on any atom is -0.606 e. The zero-order valence-corrected chi connectivity index (χ0v) is 21.2. The zero-order valence-electron chi connectivity index (χ0n) is 20.4. The number of anilines is 2. The number of ether oxygens (including phenoxy) is 1. The Hall–Kier alpha value is -3.90. The highest BCUT2D eigenvalue weighted by atomic mass is 32.2. The van der Waals surface area contributed by atoms with E-state index in [-0.39, 0.29) is 23.0 Å². The molecule has 3 amide bonds. The molecular weight excluding hydrogens is 500 g/mol. The maximum Gasteiger partial charge on any atom is 0.436 e. The third kappa shape index (κ3) is 7.30. The molecule has 4 N–H and O–H groups in total. The summed E-state index contributed by atoms with van der Waals surface area (Å²) in [5.41, 5.74) is 0.568. The van der Waals surface area contributed by atoms with Crippen LogP contribution >= 0.6 is 0 Å². The van der Waals surface area contributed by atoms with Crippen LogP contribution in [-0.4, -0.2) is 46.6 Å². The number of carbonyl (C=O) groups excluding carboxylic acids is 3. The normalized spacial score (nSPS) is 18.0. The number of aliphatic imine (C=N–C) groups is 1. The monoisotopic (exact) mass is 528 g/mol. The second-order valence-electron chi connectivity index (χ2n) is 8.22. The van der Waals surface area contributed by atoms with Crippen molar-refractivity contribution in [3.05, 3.63) is 48.5 Å². The fraction of sp³-hybridized carbons (Fsp3) is 0.320. The summed E-state index contributed by atoms with van der Waals surface area (Å²) < 4.78 is 18.0. The fourth-order valence-electron chi connectivity index (χ4n) is 3.90. The maximum atomic E-state index is 13.5. The molecule has 0 radical (unpaired) electrons. The number of benzene rings is 2. The number of hydrogen-bond donors (Lipinski definition) is 4. The Balaban J connectivity index is 1.96. The molecular formula is C25H28N4O7S. The van der Waals surface area contributed by atoms with Gasteiger partial charge in [0.1, 0.15) is 0 Å². The van der Waals surface area contributed by atoms with Gasteiger partial charge in [-0.1, -0.05) is 31.5 Å². The lowest BCUT2D eigenvalue weighted by Gasteiger charge is -2.19. The molecule has 37 heavy (non-hydrogen) atoms. The largest absolute Gasteiger partial charge is 0.606 e. The average molecular weight is 529 g/mol. The van der Waals surface area contributed by atoms with Crippen LogP contribution in [0.3, 0.4) is 0 Å². The summed E-state index contributed by atoms with van der Waals surface area (Å²) >= 11 is -1.73. The fourth-order valence-corrected chi connectivity index (χ4v) is 5.12. The van der Waals surface area contributed by atoms with Crippen molar-refractivity contribution in [2.24, 2.45) is 16.8 Å². The molecule has 1 fully saturated rings. The van der Waals surface area contributed by atoms with Crippen LogP contribution in [-0.2, 0) is 30.3 Å². The molecule has 0 spiro atoms. The van der Waals surface area contributed by atoms with E-state index in [1.165, 1.54) is 18.2 Å². The highest BCUT2D eigenvalue weighted by Crippen LogP contribution is 2.35. The van der Waals surface area contributed by atoms with Gasteiger partial charge in [-0.05, 0) is 37.1 Å². The van der Waals surface area contributed by atoms with Crippen LogP contribution in [0, 0.1) is 11.8 Å². The Morgan fingerprint density at radius 2 is 1.78 bits per heavy atom. The van der Waals surface area contributed by atoms with E-state index in [2.05, 4.69) is 25.7 Å². The number of carbonyl (C=O) groups is 4. The van der Waals surface area contributed by atoms with E-state index < -0.39 is 46.9 Å². The van der Waals surface area contributed by atoms with Crippen molar-refractivity contribution in [3.8, 4) is 0 Å². The van der Waals surface area contributed by atoms with E-state index in [9.17, 15) is 28.8 Å². The van der Waals surface area contributed by atoms with Crippen LogP contribution < -0.4 is 16.0 Å². The van der Waals surface area contributed by atoms with Gasteiger partial charge in [0, 0.05) is 29.4 Å². The number of nitrogens with zero attached hydrogens (tertiary/aromatic N) is 1. The predicted molar refractivity (Wildman–Crippen MR) is 137 cm³/mol. The molecule has 2 aromatic rings. The summed E-state index contributed by atoms with van der Waals surface area (Å²) in [6, 6.07) is 13.1. The van der Waals surface area contributed by atoms with Crippen molar-refractivity contribution in [3.63, 3.8) is 0 Å². The van der Waals surface area contributed by atoms with Gasteiger partial charge in [-0.15, -0.1) is 4.99 Å². The standard InChI is InChI=1S/C25H28N4O7S/c1-3-21(30)28-24(29-25(34)36-2)26-15-12-13-19(20(14-15)37(35)16-8-5-4-6-9-16)27-22(31)17-10-7-11-18(17)23(32)33/h4-6,8-9,12-14,17-18H,3,7,10-11H2,1-2H3,(H,27,31)(H,32,33)(H2,26,28,29,30,34). The lowest BCUT2D eigenvalue weighted by Crippen LogP contribution is -2.36. The van der Waals surface area contributed by atoms with Crippen molar-refractivity contribution in [1.29, 1.82) is 0 Å². The zero-order chi connectivity index (χ0) is 26.9. The summed E-state index contributed by atoms with van der Waals surface area (Å²) in [4.78, 5) is 52.5. The first kappa shape index (κ1) is 27.7. The van der Waals surface area contributed by atoms with Crippen molar-refractivity contribution in [1.82, 2.24) is 5.32 Å². The first-order chi connectivity index (χ1) is 17.7. The summed E-state index contributed by atoms with van der Waals surface area (Å²) in [6.45, 7) is 1.63. The number of nitrogens with one attached hydrogen (secondary N) is 3. The first-order valence-electron chi connectivity index (χ1n) is 11.6. The molecule has 1 saturated carbocycles. The summed E-state index contributed by atoms with van der Waals surface area (Å²) in [7, 11) is 1.14. The van der Waals surface area contributed by atoms with Gasteiger partial charge in [-0.2, -0.15) is 0 Å². The topological polar surface area (TPSA) is 169 Å². The summed E-state index contributed by atoms with van der Waals surface area (Å²) in [5, 5.41) is 17.5. The van der Waals surface area contributed by atoms with E-state index >= 15 is 0 Å². The number of carboxylic acid groups (broad SMARTS) is 1. The quantitative estimate of drug-likeness (QED) is 0.241. The van der Waals surface area contributed by atoms with Gasteiger partial charge in [0.15, 0.2) is 9.79 Å². The highest BCUT2D eigenvalue weighted by Gasteiger charge is 2.38. The van der Waals surface area contributed by atoms with Gasteiger partial charge >= 0.3 is 12.1 Å². The Bertz CT molecular complexity index is 1190. The van der Waals surface area contributed by atoms with E-state index in [4.69, 9.17) is 0 Å². The maximum absolute atomic E-state index is 13.5. The van der Waals surface area contributed by atoms with E-state index in [0.717, 1.165) is 7.11 Å². The molecule has 1 aliphatic rings. The van der Waals surface area contributed by atoms with Crippen molar-refractivity contribution in [2.45, 2.75) is 42.4 Å². The molecule has 3 atom stereocenters. The minimum atomic E-state index is -1.73. The molecule has 12 heteroatoms. The number of rotatable bonds is 7. The SMILES string of the molecule is CCC(=O)NC(=NC(=O)OC)Nc1ccc(NC(=O)C2CCCC2C(=O)O)c([S+]([O-])c2ccccc2)c1. The number of carboxylic acids is 1. The summed E-state index contributed by atoms with van der Waals surface area (Å²) in [5.74, 6) is -3.55. The van der Waals surface area contributed by atoms with Gasteiger partial charge in [0.25, 0.3) is 0 Å². The summed E-state index contributed by atoms with van der Waals surface area (Å²) in [6.07, 6.45) is 0.691. The van der Waals surface area contributed by atoms with Crippen LogP contribution in [0.15, 0.2) is 63.3 Å². The third-order valence-corrected chi connectivity index (χ3v) is 7.22. The highest BCUT2D eigenvalue weighted by molar-refractivity contribution is 7.91. The number of hydrogen-bond acceptors (Lipinski definition) is 6. The Labute approximate surface area is 216 Å². The third-order valence-electron chi connectivity index (χ3n) is 5.79. The molecule has 0 heterocycles. The van der Waals surface area contributed by atoms with E-state index in [0.29, 0.717) is 29.8 Å². The predicted octanol–water partition coefficient (Wildman–Crippen LogP) is 3.35.